The van der Waals surface area contributed by atoms with Crippen LogP contribution in [0.2, 0.25) is 26.2 Å². The van der Waals surface area contributed by atoms with Gasteiger partial charge in [0, 0.05) is 5.54 Å². The predicted molar refractivity (Wildman–Crippen MR) is 142 cm³/mol. The number of allylic oxidation sites excluding steroid dienone is 2. The molecule has 2 aromatic carbocycles. The van der Waals surface area contributed by atoms with E-state index in [1.54, 1.807) is 5.20 Å². The van der Waals surface area contributed by atoms with Crippen molar-refractivity contribution in [2.24, 2.45) is 5.73 Å². The molecule has 0 atom stereocenters. The molecule has 0 aliphatic heterocycles. The molecule has 4 rings (SSSR count). The van der Waals surface area contributed by atoms with Gasteiger partial charge >= 0.3 is 0 Å². The predicted octanol–water partition coefficient (Wildman–Crippen LogP) is 7.00. The van der Waals surface area contributed by atoms with Crippen LogP contribution in [0.1, 0.15) is 43.0 Å². The summed E-state index contributed by atoms with van der Waals surface area (Å²) in [5, 5.41) is 3.16. The lowest BCUT2D eigenvalue weighted by Crippen LogP contribution is -2.26. The normalized spacial score (nSPS) is 14.6. The van der Waals surface area contributed by atoms with Crippen LogP contribution in [0.25, 0.3) is 12.2 Å². The van der Waals surface area contributed by atoms with Crippen molar-refractivity contribution < 1.29 is 0 Å². The summed E-state index contributed by atoms with van der Waals surface area (Å²) in [6, 6.07) is 17.3. The zero-order chi connectivity index (χ0) is 22.5. The first kappa shape index (κ1) is 24.9. The maximum atomic E-state index is 6.40. The van der Waals surface area contributed by atoms with Crippen LogP contribution >= 0.6 is 11.1 Å². The van der Waals surface area contributed by atoms with E-state index in [0.717, 1.165) is 6.42 Å². The van der Waals surface area contributed by atoms with Gasteiger partial charge in [-0.2, -0.15) is 11.1 Å². The molecule has 0 heterocycles. The van der Waals surface area contributed by atoms with Crippen molar-refractivity contribution in [2.45, 2.75) is 65.3 Å². The Morgan fingerprint density at radius 1 is 0.833 bits per heavy atom. The highest BCUT2D eigenvalue weighted by Crippen LogP contribution is 2.32. The summed E-state index contributed by atoms with van der Waals surface area (Å²) >= 11 is 6.40. The molecule has 30 heavy (non-hydrogen) atoms. The van der Waals surface area contributed by atoms with E-state index in [1.165, 1.54) is 33.9 Å². The number of fused-ring (bicyclic) bond motifs is 2. The fourth-order valence-electron chi connectivity index (χ4n) is 3.34. The Labute approximate surface area is 191 Å². The van der Waals surface area contributed by atoms with Crippen LogP contribution in [0.3, 0.4) is 0 Å². The molecule has 2 aliphatic carbocycles. The number of nitrogens with two attached hydrogens (primary N) is 1. The van der Waals surface area contributed by atoms with Crippen LogP contribution in [0.15, 0.2) is 58.9 Å². The van der Waals surface area contributed by atoms with Crippen LogP contribution in [0.4, 0.5) is 0 Å². The molecule has 162 valence electrons. The Kier molecular flexibility index (Phi) is 8.52. The van der Waals surface area contributed by atoms with Gasteiger partial charge in [-0.05, 0) is 55.9 Å². The van der Waals surface area contributed by atoms with Crippen LogP contribution in [0.5, 0.6) is 0 Å². The summed E-state index contributed by atoms with van der Waals surface area (Å²) in [5.74, 6) is 0. The largest absolute Gasteiger partial charge is 0.326 e. The number of benzene rings is 2. The van der Waals surface area contributed by atoms with E-state index in [-0.39, 0.29) is 5.54 Å². The molecule has 0 amide bonds. The highest BCUT2D eigenvalue weighted by atomic mass is 35.6. The van der Waals surface area contributed by atoms with Gasteiger partial charge < -0.3 is 5.73 Å². The molecule has 0 bridgehead atoms. The zero-order valence-corrected chi connectivity index (χ0v) is 22.6. The van der Waals surface area contributed by atoms with Crippen molar-refractivity contribution in [1.29, 1.82) is 0 Å². The molecule has 2 N–H and O–H groups in total. The summed E-state index contributed by atoms with van der Waals surface area (Å²) in [6.07, 6.45) is 6.96. The maximum absolute atomic E-state index is 6.40. The molecule has 0 saturated carbocycles. The van der Waals surface area contributed by atoms with E-state index in [2.05, 4.69) is 86.9 Å². The van der Waals surface area contributed by atoms with Crippen molar-refractivity contribution in [3.8, 4) is 0 Å². The molecule has 0 unspecified atom stereocenters. The monoisotopic (exact) mass is 455 g/mol. The molecular weight excluding hydrogens is 418 g/mol. The van der Waals surface area contributed by atoms with Gasteiger partial charge in [-0.1, -0.05) is 97.3 Å². The topological polar surface area (TPSA) is 26.0 Å². The Balaban J connectivity index is 0.000000176. The minimum Gasteiger partial charge on any atom is -0.326 e. The number of halogens is 1. The molecule has 0 radical (unpaired) electrons. The summed E-state index contributed by atoms with van der Waals surface area (Å²) < 4.78 is 0. The maximum Gasteiger partial charge on any atom is 0.177 e. The summed E-state index contributed by atoms with van der Waals surface area (Å²) in [5.41, 5.74) is 11.1. The lowest BCUT2D eigenvalue weighted by Gasteiger charge is -2.13. The molecule has 4 heteroatoms. The van der Waals surface area contributed by atoms with E-state index in [1.807, 2.05) is 20.8 Å². The standard InChI is InChI=1S/C11H13ClSi.C11H14Si.C4H11N/c1-13(2,12)11-7-9-5-3-4-6-10(9)8-11;1-12(2)11-7-9-5-3-4-6-10(9)8-11;1-4(2,3)5/h3-7H,8H2,1-2H3;3-7,12H,8H2,1-2H3;5H2,1-3H3. The van der Waals surface area contributed by atoms with Crippen molar-refractivity contribution in [3.05, 3.63) is 81.2 Å². The van der Waals surface area contributed by atoms with Gasteiger partial charge in [0.2, 0.25) is 0 Å². The highest BCUT2D eigenvalue weighted by molar-refractivity contribution is 7.23. The van der Waals surface area contributed by atoms with E-state index < -0.39 is 16.2 Å². The Morgan fingerprint density at radius 3 is 1.67 bits per heavy atom. The van der Waals surface area contributed by atoms with Crippen molar-refractivity contribution in [3.63, 3.8) is 0 Å². The second-order valence-corrected chi connectivity index (χ2v) is 19.6. The minimum absolute atomic E-state index is 0. The summed E-state index contributed by atoms with van der Waals surface area (Å²) in [4.78, 5) is 0. The number of hydrogen-bond acceptors (Lipinski definition) is 1. The van der Waals surface area contributed by atoms with E-state index in [9.17, 15) is 0 Å². The van der Waals surface area contributed by atoms with Crippen LogP contribution in [-0.4, -0.2) is 21.7 Å². The summed E-state index contributed by atoms with van der Waals surface area (Å²) in [6.45, 7) is 15.1. The van der Waals surface area contributed by atoms with Gasteiger partial charge in [0.1, 0.15) is 0 Å². The quantitative estimate of drug-likeness (QED) is 0.382. The van der Waals surface area contributed by atoms with E-state index >= 15 is 0 Å². The third kappa shape index (κ3) is 8.03. The average molecular weight is 456 g/mol. The van der Waals surface area contributed by atoms with Crippen LogP contribution in [-0.2, 0) is 12.8 Å². The molecule has 0 spiro atoms. The fourth-order valence-corrected chi connectivity index (χ4v) is 5.95. The number of rotatable bonds is 2. The molecule has 2 aromatic rings. The van der Waals surface area contributed by atoms with Crippen LogP contribution in [0, 0.1) is 0 Å². The first-order valence-corrected chi connectivity index (χ1v) is 17.8. The molecule has 0 aromatic heterocycles. The molecule has 0 fully saturated rings. The van der Waals surface area contributed by atoms with Gasteiger partial charge in [-0.15, -0.1) is 0 Å². The van der Waals surface area contributed by atoms with Gasteiger partial charge in [-0.3, -0.25) is 0 Å². The fraction of sp³-hybridized carbons (Fsp3) is 0.385. The third-order valence-corrected chi connectivity index (χ3v) is 9.49. The molecule has 2 aliphatic rings. The molecule has 1 nitrogen and oxygen atoms in total. The molecular formula is C26H38ClNSi2. The Morgan fingerprint density at radius 2 is 1.27 bits per heavy atom. The number of hydrogen-bond donors (Lipinski definition) is 1. The van der Waals surface area contributed by atoms with Crippen LogP contribution < -0.4 is 5.73 Å². The third-order valence-electron chi connectivity index (χ3n) is 5.06. The zero-order valence-electron chi connectivity index (χ0n) is 19.7. The van der Waals surface area contributed by atoms with Gasteiger partial charge in [0.05, 0.1) is 8.80 Å². The lowest BCUT2D eigenvalue weighted by atomic mass is 10.1. The summed E-state index contributed by atoms with van der Waals surface area (Å²) in [7, 11) is -2.14. The second-order valence-electron chi connectivity index (χ2n) is 10.1. The SMILES string of the molecule is CC(C)(C)N.C[SiH](C)C1=Cc2ccccc2C1.C[Si](C)(Cl)C1=Cc2ccccc2C1. The van der Waals surface area contributed by atoms with E-state index in [0.29, 0.717) is 0 Å². The Bertz CT molecular complexity index is 909. The Hall–Kier alpha value is -1.40. The highest BCUT2D eigenvalue weighted by Gasteiger charge is 2.27. The van der Waals surface area contributed by atoms with Crippen molar-refractivity contribution >= 4 is 39.4 Å². The first-order valence-electron chi connectivity index (χ1n) is 10.9. The molecule has 0 saturated heterocycles. The van der Waals surface area contributed by atoms with Gasteiger partial charge in [0.15, 0.2) is 7.38 Å². The average Bonchev–Trinajstić information content (AvgIpc) is 3.25. The van der Waals surface area contributed by atoms with Gasteiger partial charge in [0.25, 0.3) is 0 Å². The second kappa shape index (κ2) is 10.3. The lowest BCUT2D eigenvalue weighted by molar-refractivity contribution is 0.580. The first-order chi connectivity index (χ1) is 13.8. The smallest absolute Gasteiger partial charge is 0.177 e. The van der Waals surface area contributed by atoms with Gasteiger partial charge in [-0.25, -0.2) is 0 Å². The van der Waals surface area contributed by atoms with E-state index in [4.69, 9.17) is 16.8 Å². The minimum atomic E-state index is -1.59. The van der Waals surface area contributed by atoms with Crippen molar-refractivity contribution in [2.75, 3.05) is 0 Å². The van der Waals surface area contributed by atoms with Crippen molar-refractivity contribution in [1.82, 2.24) is 0 Å².